The van der Waals surface area contributed by atoms with Crippen LogP contribution in [0.5, 0.6) is 0 Å². The fourth-order valence-electron chi connectivity index (χ4n) is 2.06. The van der Waals surface area contributed by atoms with Gasteiger partial charge in [0.1, 0.15) is 0 Å². The van der Waals surface area contributed by atoms with E-state index in [1.165, 1.54) is 30.1 Å². The Kier molecular flexibility index (Phi) is 19.2. The maximum Gasteiger partial charge on any atom is 0.219 e. The zero-order valence-corrected chi connectivity index (χ0v) is 16.1. The van der Waals surface area contributed by atoms with Crippen molar-refractivity contribution in [2.75, 3.05) is 43.7 Å². The Morgan fingerprint density at radius 1 is 0.773 bits per heavy atom. The lowest BCUT2D eigenvalue weighted by Crippen LogP contribution is -2.27. The minimum absolute atomic E-state index is 0.206. The van der Waals surface area contributed by atoms with Crippen LogP contribution in [0.3, 0.4) is 0 Å². The second-order valence-electron chi connectivity index (χ2n) is 5.55. The Morgan fingerprint density at radius 2 is 1.41 bits per heavy atom. The lowest BCUT2D eigenvalue weighted by Gasteiger charge is -2.07. The number of carbonyl (C=O) groups is 1. The maximum absolute atomic E-state index is 11.5. The number of hydrogen-bond acceptors (Lipinski definition) is 4. The Morgan fingerprint density at radius 3 is 2.05 bits per heavy atom. The van der Waals surface area contributed by atoms with Gasteiger partial charge in [0.25, 0.3) is 0 Å². The summed E-state index contributed by atoms with van der Waals surface area (Å²) in [4.78, 5) is 11.5. The van der Waals surface area contributed by atoms with Gasteiger partial charge in [0.05, 0.1) is 0 Å². The Balaban J connectivity index is 3.08. The molecule has 1 amide bonds. The summed E-state index contributed by atoms with van der Waals surface area (Å²) < 4.78 is 1.19. The van der Waals surface area contributed by atoms with Gasteiger partial charge in [0.15, 0.2) is 0 Å². The van der Waals surface area contributed by atoms with Crippen LogP contribution in [-0.2, 0) is 4.79 Å². The first kappa shape index (κ1) is 22.1. The fourth-order valence-corrected chi connectivity index (χ4v) is 2.60. The van der Waals surface area contributed by atoms with E-state index in [4.69, 9.17) is 5.73 Å². The van der Waals surface area contributed by atoms with E-state index >= 15 is 0 Å². The topological polar surface area (TPSA) is 79.2 Å². The van der Waals surface area contributed by atoms with Crippen LogP contribution in [0.4, 0.5) is 0 Å². The van der Waals surface area contributed by atoms with Gasteiger partial charge in [-0.15, -0.1) is 0 Å². The predicted molar refractivity (Wildman–Crippen MR) is 104 cm³/mol. The van der Waals surface area contributed by atoms with Gasteiger partial charge in [0, 0.05) is 13.0 Å². The first-order valence-electron chi connectivity index (χ1n) is 8.75. The highest BCUT2D eigenvalue weighted by atomic mass is 127. The van der Waals surface area contributed by atoms with E-state index in [0.29, 0.717) is 6.42 Å². The van der Waals surface area contributed by atoms with Gasteiger partial charge in [-0.1, -0.05) is 29.0 Å². The van der Waals surface area contributed by atoms with Crippen molar-refractivity contribution in [1.82, 2.24) is 16.0 Å². The smallest absolute Gasteiger partial charge is 0.219 e. The second kappa shape index (κ2) is 19.1. The highest BCUT2D eigenvalue weighted by Crippen LogP contribution is 2.01. The predicted octanol–water partition coefficient (Wildman–Crippen LogP) is 1.80. The van der Waals surface area contributed by atoms with Crippen LogP contribution in [0, 0.1) is 0 Å². The summed E-state index contributed by atoms with van der Waals surface area (Å²) in [6.07, 6.45) is 8.55. The van der Waals surface area contributed by atoms with Crippen molar-refractivity contribution < 1.29 is 4.79 Å². The van der Waals surface area contributed by atoms with Crippen LogP contribution in [-0.4, -0.2) is 49.6 Å². The van der Waals surface area contributed by atoms with Crippen LogP contribution in [0.15, 0.2) is 0 Å². The van der Waals surface area contributed by atoms with E-state index in [-0.39, 0.29) is 5.91 Å². The van der Waals surface area contributed by atoms with Gasteiger partial charge in [-0.05, 0) is 75.7 Å². The molecule has 0 fully saturated rings. The number of unbranched alkanes of at least 4 members (excludes halogenated alkanes) is 3. The standard InChI is InChI=1S/C16H35IN4O/c17-9-3-1-2-8-16(22)21-15-7-14-20-12-5-4-11-19-13-6-10-18/h19-20H,1-15,18H2,(H,21,22). The Hall–Kier alpha value is 0.0800. The zero-order chi connectivity index (χ0) is 16.3. The van der Waals surface area contributed by atoms with Gasteiger partial charge < -0.3 is 21.7 Å². The molecule has 0 heterocycles. The second-order valence-corrected chi connectivity index (χ2v) is 6.63. The molecule has 0 radical (unpaired) electrons. The molecule has 5 nitrogen and oxygen atoms in total. The highest BCUT2D eigenvalue weighted by Gasteiger charge is 1.99. The first-order chi connectivity index (χ1) is 10.8. The largest absolute Gasteiger partial charge is 0.356 e. The van der Waals surface area contributed by atoms with E-state index in [0.717, 1.165) is 58.5 Å². The van der Waals surface area contributed by atoms with Crippen molar-refractivity contribution in [3.63, 3.8) is 0 Å². The maximum atomic E-state index is 11.5. The molecule has 0 saturated heterocycles. The fraction of sp³-hybridized carbons (Fsp3) is 0.938. The van der Waals surface area contributed by atoms with Crippen LogP contribution >= 0.6 is 22.6 Å². The van der Waals surface area contributed by atoms with Gasteiger partial charge in [0.2, 0.25) is 5.91 Å². The molecule has 0 aromatic carbocycles. The molecular formula is C16H35IN4O. The van der Waals surface area contributed by atoms with Crippen molar-refractivity contribution >= 4 is 28.5 Å². The van der Waals surface area contributed by atoms with Crippen LogP contribution in [0.1, 0.15) is 51.4 Å². The number of nitrogens with one attached hydrogen (secondary N) is 3. The van der Waals surface area contributed by atoms with Crippen molar-refractivity contribution in [2.24, 2.45) is 5.73 Å². The Labute approximate surface area is 150 Å². The summed E-state index contributed by atoms with van der Waals surface area (Å²) in [5.74, 6) is 0.206. The minimum Gasteiger partial charge on any atom is -0.356 e. The van der Waals surface area contributed by atoms with Crippen molar-refractivity contribution in [2.45, 2.75) is 51.4 Å². The molecular weight excluding hydrogens is 391 g/mol. The summed E-state index contributed by atoms with van der Waals surface area (Å²) in [5, 5.41) is 9.79. The third-order valence-corrected chi connectivity index (χ3v) is 4.17. The highest BCUT2D eigenvalue weighted by molar-refractivity contribution is 14.1. The van der Waals surface area contributed by atoms with E-state index in [1.807, 2.05) is 0 Å². The van der Waals surface area contributed by atoms with Gasteiger partial charge in [-0.25, -0.2) is 0 Å². The summed E-state index contributed by atoms with van der Waals surface area (Å²) in [6.45, 7) is 5.71. The lowest BCUT2D eigenvalue weighted by molar-refractivity contribution is -0.121. The molecule has 0 aliphatic heterocycles. The number of amides is 1. The quantitative estimate of drug-likeness (QED) is 0.163. The summed E-state index contributed by atoms with van der Waals surface area (Å²) in [6, 6.07) is 0. The lowest BCUT2D eigenvalue weighted by atomic mass is 10.2. The average Bonchev–Trinajstić information content (AvgIpc) is 2.52. The number of alkyl halides is 1. The molecule has 0 aliphatic rings. The van der Waals surface area contributed by atoms with E-state index in [2.05, 4.69) is 38.5 Å². The molecule has 0 aliphatic carbocycles. The molecule has 5 N–H and O–H groups in total. The first-order valence-corrected chi connectivity index (χ1v) is 10.3. The molecule has 0 saturated carbocycles. The summed E-state index contributed by atoms with van der Waals surface area (Å²) in [7, 11) is 0. The molecule has 0 atom stereocenters. The van der Waals surface area contributed by atoms with Gasteiger partial charge >= 0.3 is 0 Å². The van der Waals surface area contributed by atoms with Crippen LogP contribution in [0.25, 0.3) is 0 Å². The minimum atomic E-state index is 0.206. The molecule has 6 heteroatoms. The van der Waals surface area contributed by atoms with Crippen molar-refractivity contribution in [3.8, 4) is 0 Å². The van der Waals surface area contributed by atoms with E-state index < -0.39 is 0 Å². The molecule has 132 valence electrons. The average molecular weight is 426 g/mol. The molecule has 22 heavy (non-hydrogen) atoms. The summed E-state index contributed by atoms with van der Waals surface area (Å²) >= 11 is 2.38. The van der Waals surface area contributed by atoms with Crippen molar-refractivity contribution in [3.05, 3.63) is 0 Å². The molecule has 0 spiro atoms. The van der Waals surface area contributed by atoms with Crippen molar-refractivity contribution in [1.29, 1.82) is 0 Å². The normalized spacial score (nSPS) is 10.8. The number of rotatable bonds is 17. The molecule has 0 aromatic rings. The third-order valence-electron chi connectivity index (χ3n) is 3.40. The van der Waals surface area contributed by atoms with Crippen LogP contribution < -0.4 is 21.7 Å². The van der Waals surface area contributed by atoms with Gasteiger partial charge in [-0.3, -0.25) is 4.79 Å². The van der Waals surface area contributed by atoms with E-state index in [1.54, 1.807) is 0 Å². The molecule has 0 unspecified atom stereocenters. The Bertz CT molecular complexity index is 242. The number of halogens is 1. The SMILES string of the molecule is NCCCNCCCCNCCCNC(=O)CCCCCI. The molecule has 0 aromatic heterocycles. The van der Waals surface area contributed by atoms with E-state index in [9.17, 15) is 4.79 Å². The number of hydrogen-bond donors (Lipinski definition) is 4. The number of carbonyl (C=O) groups excluding carboxylic acids is 1. The molecule has 0 rings (SSSR count). The monoisotopic (exact) mass is 426 g/mol. The molecule has 0 bridgehead atoms. The number of nitrogens with two attached hydrogens (primary N) is 1. The van der Waals surface area contributed by atoms with Gasteiger partial charge in [-0.2, -0.15) is 0 Å². The summed E-state index contributed by atoms with van der Waals surface area (Å²) in [5.41, 5.74) is 5.43. The van der Waals surface area contributed by atoms with Crippen LogP contribution in [0.2, 0.25) is 0 Å². The zero-order valence-electron chi connectivity index (χ0n) is 14.0. The third kappa shape index (κ3) is 18.1.